The van der Waals surface area contributed by atoms with Crippen LogP contribution in [0.25, 0.3) is 0 Å². The van der Waals surface area contributed by atoms with Crippen LogP contribution in [0.3, 0.4) is 0 Å². The van der Waals surface area contributed by atoms with Crippen molar-refractivity contribution in [2.75, 3.05) is 6.61 Å². The van der Waals surface area contributed by atoms with Crippen LogP contribution in [0.1, 0.15) is 10.4 Å². The Balaban J connectivity index is 0.00000324. The molecule has 0 saturated heterocycles. The summed E-state index contributed by atoms with van der Waals surface area (Å²) in [7, 11) is -5.67. The number of esters is 1. The molecule has 0 amide bonds. The molecule has 0 radical (unpaired) electrons. The molecule has 0 spiro atoms. The number of halogens is 3. The van der Waals surface area contributed by atoms with Gasteiger partial charge in [-0.1, -0.05) is 6.07 Å². The van der Waals surface area contributed by atoms with Crippen molar-refractivity contribution >= 4 is 45.6 Å². The summed E-state index contributed by atoms with van der Waals surface area (Å²) >= 11 is 0. The second-order valence-electron chi connectivity index (χ2n) is 3.20. The third-order valence-electron chi connectivity index (χ3n) is 1.81. The van der Waals surface area contributed by atoms with Crippen LogP contribution in [0, 0.1) is 5.82 Å². The van der Waals surface area contributed by atoms with Gasteiger partial charge in [0, 0.05) is 0 Å². The first kappa shape index (κ1) is 18.4. The number of benzene rings is 1. The summed E-state index contributed by atoms with van der Waals surface area (Å²) in [6.45, 7) is -1.86. The van der Waals surface area contributed by atoms with Gasteiger partial charge in [-0.05, 0) is 18.2 Å². The summed E-state index contributed by atoms with van der Waals surface area (Å²) in [6, 6.07) is 3.99. The molecule has 5 nitrogen and oxygen atoms in total. The molecule has 10 heteroatoms. The van der Waals surface area contributed by atoms with Crippen LogP contribution in [-0.4, -0.2) is 60.4 Å². The van der Waals surface area contributed by atoms with E-state index in [9.17, 15) is 26.4 Å². The standard InChI is InChI=1S/C9H7F3O5S.Na.H/c10-7-3-1-2-6(4-7)8(13)17-5-9(11,12)18(14,15)16;;/h1-4H,5H2,(H,14,15,16);;. The van der Waals surface area contributed by atoms with Gasteiger partial charge in [-0.15, -0.1) is 0 Å². The van der Waals surface area contributed by atoms with E-state index >= 15 is 0 Å². The van der Waals surface area contributed by atoms with E-state index in [-0.39, 0.29) is 35.1 Å². The molecular formula is C9H8F3NaO5S. The minimum atomic E-state index is -5.67. The Kier molecular flexibility index (Phi) is 6.49. The molecule has 0 fully saturated rings. The fraction of sp³-hybridized carbons (Fsp3) is 0.222. The van der Waals surface area contributed by atoms with Gasteiger partial charge in [0.25, 0.3) is 0 Å². The Bertz CT molecular complexity index is 561. The molecule has 0 atom stereocenters. The number of carbonyl (C=O) groups is 1. The third kappa shape index (κ3) is 5.11. The molecule has 1 N–H and O–H groups in total. The van der Waals surface area contributed by atoms with Gasteiger partial charge in [-0.2, -0.15) is 17.2 Å². The maximum atomic E-state index is 12.7. The van der Waals surface area contributed by atoms with E-state index in [4.69, 9.17) is 4.55 Å². The van der Waals surface area contributed by atoms with E-state index in [1.165, 1.54) is 0 Å². The average molecular weight is 308 g/mol. The van der Waals surface area contributed by atoms with Crippen LogP contribution in [0.4, 0.5) is 13.2 Å². The number of hydrogen-bond acceptors (Lipinski definition) is 4. The monoisotopic (exact) mass is 308 g/mol. The van der Waals surface area contributed by atoms with Crippen molar-refractivity contribution in [3.8, 4) is 0 Å². The van der Waals surface area contributed by atoms with Gasteiger partial charge in [0.2, 0.25) is 0 Å². The van der Waals surface area contributed by atoms with Crippen LogP contribution in [0.15, 0.2) is 24.3 Å². The first-order valence-corrected chi connectivity index (χ1v) is 5.85. The first-order chi connectivity index (χ1) is 8.13. The van der Waals surface area contributed by atoms with Gasteiger partial charge in [0.15, 0.2) is 6.61 Å². The van der Waals surface area contributed by atoms with Crippen molar-refractivity contribution in [3.05, 3.63) is 35.6 Å². The molecule has 1 aromatic rings. The molecule has 0 heterocycles. The van der Waals surface area contributed by atoms with Crippen LogP contribution < -0.4 is 0 Å². The van der Waals surface area contributed by atoms with Gasteiger partial charge < -0.3 is 4.74 Å². The van der Waals surface area contributed by atoms with Gasteiger partial charge in [0.05, 0.1) is 5.56 Å². The van der Waals surface area contributed by atoms with E-state index in [0.717, 1.165) is 24.3 Å². The third-order valence-corrected chi connectivity index (χ3v) is 2.68. The molecule has 1 aromatic carbocycles. The molecule has 0 bridgehead atoms. The number of carbonyl (C=O) groups excluding carboxylic acids is 1. The van der Waals surface area contributed by atoms with Crippen molar-refractivity contribution in [1.29, 1.82) is 0 Å². The first-order valence-electron chi connectivity index (χ1n) is 4.41. The Morgan fingerprint density at radius 1 is 1.37 bits per heavy atom. The SMILES string of the molecule is O=C(OCC(F)(F)S(=O)(=O)O)c1cccc(F)c1.[NaH]. The normalized spacial score (nSPS) is 11.6. The second-order valence-corrected chi connectivity index (χ2v) is 4.75. The van der Waals surface area contributed by atoms with Gasteiger partial charge >= 0.3 is 50.9 Å². The quantitative estimate of drug-likeness (QED) is 0.506. The number of rotatable bonds is 4. The predicted molar refractivity (Wildman–Crippen MR) is 60.3 cm³/mol. The fourth-order valence-corrected chi connectivity index (χ4v) is 1.13. The Hall–Kier alpha value is -0.610. The molecule has 1 rings (SSSR count). The molecular weight excluding hydrogens is 300 g/mol. The summed E-state index contributed by atoms with van der Waals surface area (Å²) in [5.41, 5.74) is -0.360. The van der Waals surface area contributed by atoms with E-state index < -0.39 is 33.8 Å². The summed E-state index contributed by atoms with van der Waals surface area (Å²) in [5, 5.41) is -4.62. The zero-order valence-electron chi connectivity index (χ0n) is 8.64. The molecule has 102 valence electrons. The topological polar surface area (TPSA) is 80.7 Å². The van der Waals surface area contributed by atoms with Crippen LogP contribution in [0.2, 0.25) is 0 Å². The zero-order valence-corrected chi connectivity index (χ0v) is 9.46. The summed E-state index contributed by atoms with van der Waals surface area (Å²) < 4.78 is 70.6. The summed E-state index contributed by atoms with van der Waals surface area (Å²) in [5.74, 6) is -2.12. The Labute approximate surface area is 128 Å². The number of hydrogen-bond donors (Lipinski definition) is 1. The molecule has 0 aliphatic carbocycles. The molecule has 0 saturated carbocycles. The fourth-order valence-electron chi connectivity index (χ4n) is 0.923. The van der Waals surface area contributed by atoms with Crippen molar-refractivity contribution in [1.82, 2.24) is 0 Å². The van der Waals surface area contributed by atoms with Gasteiger partial charge in [-0.25, -0.2) is 9.18 Å². The maximum absolute atomic E-state index is 12.7. The van der Waals surface area contributed by atoms with Gasteiger partial charge in [0.1, 0.15) is 5.82 Å². The molecule has 0 aliphatic rings. The van der Waals surface area contributed by atoms with Crippen LogP contribution in [-0.2, 0) is 14.9 Å². The van der Waals surface area contributed by atoms with E-state index in [0.29, 0.717) is 0 Å². The molecule has 0 unspecified atom stereocenters. The zero-order chi connectivity index (χ0) is 14.0. The predicted octanol–water partition coefficient (Wildman–Crippen LogP) is 0.815. The molecule has 0 aliphatic heterocycles. The molecule has 0 aromatic heterocycles. The number of alkyl halides is 2. The van der Waals surface area contributed by atoms with Crippen molar-refractivity contribution in [2.45, 2.75) is 5.25 Å². The Morgan fingerprint density at radius 3 is 2.42 bits per heavy atom. The van der Waals surface area contributed by atoms with Crippen LogP contribution in [0.5, 0.6) is 0 Å². The van der Waals surface area contributed by atoms with E-state index in [1.807, 2.05) is 0 Å². The van der Waals surface area contributed by atoms with Crippen molar-refractivity contribution in [3.63, 3.8) is 0 Å². The van der Waals surface area contributed by atoms with E-state index in [2.05, 4.69) is 4.74 Å². The summed E-state index contributed by atoms with van der Waals surface area (Å²) in [4.78, 5) is 11.2. The average Bonchev–Trinajstić information content (AvgIpc) is 2.24. The van der Waals surface area contributed by atoms with Crippen molar-refractivity contribution < 1.29 is 35.7 Å². The summed E-state index contributed by atoms with van der Waals surface area (Å²) in [6.07, 6.45) is 0. The number of ether oxygens (including phenoxy) is 1. The van der Waals surface area contributed by atoms with Gasteiger partial charge in [-0.3, -0.25) is 4.55 Å². The van der Waals surface area contributed by atoms with Crippen molar-refractivity contribution in [2.24, 2.45) is 0 Å². The molecule has 19 heavy (non-hydrogen) atoms. The Morgan fingerprint density at radius 2 is 1.95 bits per heavy atom. The van der Waals surface area contributed by atoms with E-state index in [1.54, 1.807) is 0 Å². The van der Waals surface area contributed by atoms with Crippen LogP contribution >= 0.6 is 0 Å². The second kappa shape index (κ2) is 6.71. The minimum absolute atomic E-state index is 0.